The van der Waals surface area contributed by atoms with Crippen LogP contribution in [0.1, 0.15) is 30.4 Å². The second-order valence-corrected chi connectivity index (χ2v) is 17.1. The van der Waals surface area contributed by atoms with Crippen LogP contribution < -0.4 is 37.6 Å². The molecule has 2 bridgehead atoms. The van der Waals surface area contributed by atoms with Crippen molar-refractivity contribution in [3.8, 4) is 0 Å². The first kappa shape index (κ1) is 48.5. The molecule has 18 nitrogen and oxygen atoms in total. The van der Waals surface area contributed by atoms with Crippen LogP contribution in [0.3, 0.4) is 0 Å². The number of amides is 8. The Hall–Kier alpha value is -5.12. The summed E-state index contributed by atoms with van der Waals surface area (Å²) in [7, 11) is 2.61. The summed E-state index contributed by atoms with van der Waals surface area (Å²) < 4.78 is 0. The van der Waals surface area contributed by atoms with Gasteiger partial charge in [-0.3, -0.25) is 48.5 Å². The number of primary amides is 1. The summed E-state index contributed by atoms with van der Waals surface area (Å²) in [6.07, 6.45) is 0.535. The average Bonchev–Trinajstić information content (AvgIpc) is 3.34. The Morgan fingerprint density at radius 3 is 2.03 bits per heavy atom. The number of carbonyl (C=O) groups excluding carboxylic acids is 9. The Kier molecular flexibility index (Phi) is 20.4. The SMILES string of the molecule is NC(=O)C(Cc1ccccc1)N1CCCNC(=O)CCCN(C(=O)CNC(=O)CNC(=O)CNC(=O)CS)C(Cc2ccccc2)C(=O)NC2CSSCC(NCC2=O)C1=O. The molecule has 2 saturated heterocycles. The first-order valence-corrected chi connectivity index (χ1v) is 22.9. The molecule has 21 heteroatoms. The number of rotatable bonds is 13. The third-order valence-corrected chi connectivity index (χ3v) is 12.5. The van der Waals surface area contributed by atoms with Gasteiger partial charge in [0, 0.05) is 50.4 Å². The van der Waals surface area contributed by atoms with Gasteiger partial charge in [-0.05, 0) is 24.0 Å². The Bertz CT molecular complexity index is 1860. The lowest BCUT2D eigenvalue weighted by atomic mass is 10.0. The van der Waals surface area contributed by atoms with Gasteiger partial charge < -0.3 is 42.1 Å². The Morgan fingerprint density at radius 2 is 1.39 bits per heavy atom. The number of hydrogen-bond acceptors (Lipinski definition) is 13. The molecule has 2 fully saturated rings. The van der Waals surface area contributed by atoms with E-state index in [1.165, 1.54) is 31.4 Å². The van der Waals surface area contributed by atoms with Crippen LogP contribution in [0.25, 0.3) is 0 Å². The molecule has 0 aromatic heterocycles. The van der Waals surface area contributed by atoms with E-state index in [0.717, 1.165) is 5.56 Å². The maximum atomic E-state index is 14.3. The average molecular weight is 900 g/mol. The molecule has 0 aliphatic carbocycles. The molecular weight excluding hydrogens is 847 g/mol. The maximum Gasteiger partial charge on any atom is 0.243 e. The van der Waals surface area contributed by atoms with Gasteiger partial charge >= 0.3 is 0 Å². The lowest BCUT2D eigenvalue weighted by molar-refractivity contribution is -0.141. The highest BCUT2D eigenvalue weighted by atomic mass is 33.1. The van der Waals surface area contributed by atoms with Gasteiger partial charge in [-0.1, -0.05) is 82.3 Å². The van der Waals surface area contributed by atoms with E-state index in [2.05, 4.69) is 44.5 Å². The van der Waals surface area contributed by atoms with E-state index in [1.807, 2.05) is 30.3 Å². The molecule has 4 unspecified atom stereocenters. The van der Waals surface area contributed by atoms with Gasteiger partial charge in [-0.15, -0.1) is 0 Å². The fraction of sp³-hybridized carbons (Fsp3) is 0.475. The molecule has 0 saturated carbocycles. The Balaban J connectivity index is 1.58. The van der Waals surface area contributed by atoms with Crippen LogP contribution in [0, 0.1) is 0 Å². The number of Topliss-reactive ketones (excluding diaryl/α,β-unsaturated/α-hetero) is 1. The standard InChI is InChI=1S/C40H53N9O9S3/c41-38(56)30(17-26-9-3-1-4-10-26)49-16-8-14-42-33(51)13-7-15-48(37(55)22-46-35(53)20-44-34(52)21-45-36(54)23-59)31(18-27-11-5-2-6-12-27)39(57)47-28-24-60-61-25-29(40(49)58)43-19-32(28)50/h1-6,9-12,28-31,43,59H,7-8,13-25H2,(H2,41,56)(H,42,51)(H,44,52)(H,45,54)(H,46,53)(H,47,57). The normalized spacial score (nSPS) is 20.3. The monoisotopic (exact) mass is 899 g/mol. The van der Waals surface area contributed by atoms with E-state index >= 15 is 0 Å². The van der Waals surface area contributed by atoms with E-state index in [1.54, 1.807) is 30.3 Å². The van der Waals surface area contributed by atoms with Crippen molar-refractivity contribution in [2.45, 2.75) is 56.3 Å². The number of hydrogen-bond donors (Lipinski definition) is 8. The molecule has 330 valence electrons. The Morgan fingerprint density at radius 1 is 0.787 bits per heavy atom. The number of ketones is 1. The number of fused-ring (bicyclic) bond motifs is 4. The topological polar surface area (TPSA) is 258 Å². The van der Waals surface area contributed by atoms with Crippen LogP contribution in [-0.2, 0) is 56.0 Å². The van der Waals surface area contributed by atoms with E-state index in [9.17, 15) is 43.2 Å². The lowest BCUT2D eigenvalue weighted by Crippen LogP contribution is -2.58. The van der Waals surface area contributed by atoms with Crippen LogP contribution in [0.15, 0.2) is 60.7 Å². The summed E-state index contributed by atoms with van der Waals surface area (Å²) >= 11 is 3.82. The molecule has 4 atom stereocenters. The molecule has 2 aliphatic rings. The molecular formula is C40H53N9O9S3. The van der Waals surface area contributed by atoms with Crippen molar-refractivity contribution in [3.05, 3.63) is 71.8 Å². The third-order valence-electron chi connectivity index (χ3n) is 9.78. The minimum absolute atomic E-state index is 0.0318. The van der Waals surface area contributed by atoms with E-state index in [-0.39, 0.29) is 88.0 Å². The van der Waals surface area contributed by atoms with Crippen molar-refractivity contribution in [1.82, 2.24) is 41.7 Å². The summed E-state index contributed by atoms with van der Waals surface area (Å²) in [5, 5.41) is 15.8. The fourth-order valence-electron chi connectivity index (χ4n) is 6.53. The zero-order valence-electron chi connectivity index (χ0n) is 33.6. The molecule has 0 radical (unpaired) electrons. The number of nitrogens with one attached hydrogen (secondary N) is 6. The summed E-state index contributed by atoms with van der Waals surface area (Å²) in [5.74, 6) is -4.77. The molecule has 61 heavy (non-hydrogen) atoms. The van der Waals surface area contributed by atoms with Crippen molar-refractivity contribution in [3.63, 3.8) is 0 Å². The molecule has 8 amide bonds. The van der Waals surface area contributed by atoms with Crippen molar-refractivity contribution < 1.29 is 43.2 Å². The molecule has 2 aliphatic heterocycles. The summed E-state index contributed by atoms with van der Waals surface area (Å²) in [5.41, 5.74) is 7.40. The van der Waals surface area contributed by atoms with Crippen molar-refractivity contribution in [2.75, 3.05) is 63.1 Å². The maximum absolute atomic E-state index is 14.3. The minimum Gasteiger partial charge on any atom is -0.368 e. The van der Waals surface area contributed by atoms with Crippen LogP contribution in [0.5, 0.6) is 0 Å². The van der Waals surface area contributed by atoms with E-state index in [4.69, 9.17) is 5.73 Å². The molecule has 2 aromatic carbocycles. The quantitative estimate of drug-likeness (QED) is 0.0831. The Labute approximate surface area is 367 Å². The van der Waals surface area contributed by atoms with Crippen LogP contribution >= 0.6 is 34.2 Å². The highest BCUT2D eigenvalue weighted by molar-refractivity contribution is 8.76. The predicted octanol–water partition coefficient (Wildman–Crippen LogP) is -1.66. The molecule has 4 rings (SSSR count). The second kappa shape index (κ2) is 25.6. The summed E-state index contributed by atoms with van der Waals surface area (Å²) in [4.78, 5) is 121. The van der Waals surface area contributed by atoms with Crippen LogP contribution in [-0.4, -0.2) is 150 Å². The van der Waals surface area contributed by atoms with Gasteiger partial charge in [0.2, 0.25) is 47.3 Å². The molecule has 8 N–H and O–H groups in total. The number of nitrogens with zero attached hydrogens (tertiary/aromatic N) is 2. The van der Waals surface area contributed by atoms with Crippen molar-refractivity contribution in [2.24, 2.45) is 5.73 Å². The van der Waals surface area contributed by atoms with Crippen molar-refractivity contribution in [1.29, 1.82) is 0 Å². The number of benzene rings is 2. The smallest absolute Gasteiger partial charge is 0.243 e. The zero-order chi connectivity index (χ0) is 44.1. The largest absolute Gasteiger partial charge is 0.368 e. The first-order chi connectivity index (χ1) is 29.4. The van der Waals surface area contributed by atoms with Gasteiger partial charge in [0.1, 0.15) is 12.1 Å². The van der Waals surface area contributed by atoms with E-state index < -0.39 is 84.4 Å². The summed E-state index contributed by atoms with van der Waals surface area (Å²) in [6.45, 7) is -1.57. The fourth-order valence-corrected chi connectivity index (χ4v) is 9.03. The van der Waals surface area contributed by atoms with Gasteiger partial charge in [0.25, 0.3) is 0 Å². The van der Waals surface area contributed by atoms with Gasteiger partial charge in [-0.2, -0.15) is 12.6 Å². The lowest BCUT2D eigenvalue weighted by Gasteiger charge is -2.33. The minimum atomic E-state index is -1.18. The number of thiol groups is 1. The van der Waals surface area contributed by atoms with E-state index in [0.29, 0.717) is 5.56 Å². The van der Waals surface area contributed by atoms with Gasteiger partial charge in [-0.25, -0.2) is 0 Å². The van der Waals surface area contributed by atoms with Crippen LogP contribution in [0.2, 0.25) is 0 Å². The third kappa shape index (κ3) is 16.4. The second-order valence-electron chi connectivity index (χ2n) is 14.3. The molecule has 0 spiro atoms. The highest BCUT2D eigenvalue weighted by Gasteiger charge is 2.36. The highest BCUT2D eigenvalue weighted by Crippen LogP contribution is 2.26. The molecule has 2 heterocycles. The van der Waals surface area contributed by atoms with Gasteiger partial charge in [0.15, 0.2) is 5.78 Å². The number of carbonyl (C=O) groups is 9. The predicted molar refractivity (Wildman–Crippen MR) is 234 cm³/mol. The van der Waals surface area contributed by atoms with Crippen LogP contribution in [0.4, 0.5) is 0 Å². The summed E-state index contributed by atoms with van der Waals surface area (Å²) in [6, 6.07) is 13.9. The zero-order valence-corrected chi connectivity index (χ0v) is 36.1. The number of nitrogens with two attached hydrogens (primary N) is 1. The van der Waals surface area contributed by atoms with Gasteiger partial charge in [0.05, 0.1) is 44.0 Å². The van der Waals surface area contributed by atoms with Crippen molar-refractivity contribution >= 4 is 87.3 Å². The first-order valence-electron chi connectivity index (χ1n) is 19.8. The molecule has 2 aromatic rings.